The van der Waals surface area contributed by atoms with Crippen molar-refractivity contribution in [2.45, 2.75) is 26.2 Å². The van der Waals surface area contributed by atoms with Gasteiger partial charge in [0.15, 0.2) is 0 Å². The molecule has 0 radical (unpaired) electrons. The van der Waals surface area contributed by atoms with Crippen LogP contribution in [0.25, 0.3) is 0 Å². The number of ether oxygens (including phenoxy) is 1. The molecule has 0 bridgehead atoms. The first kappa shape index (κ1) is 14.4. The molecule has 0 heterocycles. The molecular weight excluding hydrogens is 228 g/mol. The third-order valence-electron chi connectivity index (χ3n) is 2.70. The largest absolute Gasteiger partial charge is 0.462 e. The third kappa shape index (κ3) is 3.95. The van der Waals surface area contributed by atoms with Gasteiger partial charge in [0, 0.05) is 19.8 Å². The van der Waals surface area contributed by atoms with E-state index in [2.05, 4.69) is 6.92 Å². The Balaban J connectivity index is 2.72. The predicted molar refractivity (Wildman–Crippen MR) is 75.0 cm³/mol. The van der Waals surface area contributed by atoms with Crippen LogP contribution in [0.1, 0.15) is 36.5 Å². The number of nitrogens with zero attached hydrogens (tertiary/aromatic N) is 1. The van der Waals surface area contributed by atoms with Crippen molar-refractivity contribution in [1.82, 2.24) is 0 Å². The molecule has 2 N–H and O–H groups in total. The lowest BCUT2D eigenvalue weighted by atomic mass is 10.1. The van der Waals surface area contributed by atoms with Crippen molar-refractivity contribution >= 4 is 17.3 Å². The molecule has 18 heavy (non-hydrogen) atoms. The number of carbonyl (C=O) groups is 1. The summed E-state index contributed by atoms with van der Waals surface area (Å²) in [6.45, 7) is 2.59. The van der Waals surface area contributed by atoms with Gasteiger partial charge in [-0.05, 0) is 24.6 Å². The average Bonchev–Trinajstić information content (AvgIpc) is 2.34. The maximum atomic E-state index is 12.0. The fourth-order valence-electron chi connectivity index (χ4n) is 1.69. The summed E-state index contributed by atoms with van der Waals surface area (Å²) in [5.74, 6) is -0.283. The molecular formula is C14H22N2O2. The number of benzene rings is 1. The zero-order valence-corrected chi connectivity index (χ0v) is 11.4. The van der Waals surface area contributed by atoms with E-state index in [1.807, 2.05) is 19.0 Å². The highest BCUT2D eigenvalue weighted by Crippen LogP contribution is 2.22. The summed E-state index contributed by atoms with van der Waals surface area (Å²) < 4.78 is 5.25. The van der Waals surface area contributed by atoms with E-state index < -0.39 is 0 Å². The molecule has 0 spiro atoms. The van der Waals surface area contributed by atoms with Crippen molar-refractivity contribution in [3.05, 3.63) is 23.8 Å². The van der Waals surface area contributed by atoms with E-state index in [4.69, 9.17) is 10.5 Å². The Morgan fingerprint density at radius 1 is 1.33 bits per heavy atom. The van der Waals surface area contributed by atoms with Gasteiger partial charge in [0.05, 0.1) is 17.9 Å². The Morgan fingerprint density at radius 2 is 2.06 bits per heavy atom. The van der Waals surface area contributed by atoms with Crippen molar-refractivity contribution in [3.63, 3.8) is 0 Å². The number of anilines is 2. The van der Waals surface area contributed by atoms with E-state index in [-0.39, 0.29) is 5.97 Å². The molecule has 4 nitrogen and oxygen atoms in total. The van der Waals surface area contributed by atoms with Crippen molar-refractivity contribution in [3.8, 4) is 0 Å². The van der Waals surface area contributed by atoms with Crippen molar-refractivity contribution < 1.29 is 9.53 Å². The molecule has 0 aliphatic carbocycles. The van der Waals surface area contributed by atoms with Gasteiger partial charge in [-0.25, -0.2) is 4.79 Å². The van der Waals surface area contributed by atoms with Crippen LogP contribution in [0.5, 0.6) is 0 Å². The van der Waals surface area contributed by atoms with Crippen molar-refractivity contribution in [1.29, 1.82) is 0 Å². The first-order valence-corrected chi connectivity index (χ1v) is 6.30. The molecule has 0 amide bonds. The maximum absolute atomic E-state index is 12.0. The topological polar surface area (TPSA) is 55.6 Å². The number of unbranched alkanes of at least 4 members (excludes halogenated alkanes) is 2. The van der Waals surface area contributed by atoms with Crippen LogP contribution in [0, 0.1) is 0 Å². The number of nitrogen functional groups attached to an aromatic ring is 1. The van der Waals surface area contributed by atoms with Gasteiger partial charge < -0.3 is 15.4 Å². The predicted octanol–water partition coefficient (Wildman–Crippen LogP) is 2.68. The van der Waals surface area contributed by atoms with Gasteiger partial charge in [-0.3, -0.25) is 0 Å². The fourth-order valence-corrected chi connectivity index (χ4v) is 1.69. The molecule has 1 aromatic rings. The van der Waals surface area contributed by atoms with Crippen LogP contribution < -0.4 is 10.6 Å². The molecule has 0 aliphatic heterocycles. The second-order valence-corrected chi connectivity index (χ2v) is 4.51. The molecule has 0 atom stereocenters. The van der Waals surface area contributed by atoms with E-state index >= 15 is 0 Å². The van der Waals surface area contributed by atoms with Gasteiger partial charge in [0.2, 0.25) is 0 Å². The Kier molecular flexibility index (Phi) is 5.49. The zero-order chi connectivity index (χ0) is 13.5. The highest BCUT2D eigenvalue weighted by atomic mass is 16.5. The Labute approximate surface area is 109 Å². The number of esters is 1. The van der Waals surface area contributed by atoms with Gasteiger partial charge in [-0.2, -0.15) is 0 Å². The molecule has 1 rings (SSSR count). The summed E-state index contributed by atoms with van der Waals surface area (Å²) in [4.78, 5) is 13.8. The number of nitrogens with two attached hydrogens (primary N) is 1. The van der Waals surface area contributed by atoms with E-state index in [0.29, 0.717) is 17.9 Å². The second-order valence-electron chi connectivity index (χ2n) is 4.51. The van der Waals surface area contributed by atoms with Crippen LogP contribution in [0.2, 0.25) is 0 Å². The van der Waals surface area contributed by atoms with Crippen LogP contribution in [-0.4, -0.2) is 26.7 Å². The summed E-state index contributed by atoms with van der Waals surface area (Å²) >= 11 is 0. The summed E-state index contributed by atoms with van der Waals surface area (Å²) in [5.41, 5.74) is 7.71. The van der Waals surface area contributed by atoms with Crippen LogP contribution in [0.3, 0.4) is 0 Å². The summed E-state index contributed by atoms with van der Waals surface area (Å²) in [6, 6.07) is 5.21. The third-order valence-corrected chi connectivity index (χ3v) is 2.70. The Morgan fingerprint density at radius 3 is 2.67 bits per heavy atom. The molecule has 0 aliphatic rings. The van der Waals surface area contributed by atoms with E-state index in [9.17, 15) is 4.79 Å². The van der Waals surface area contributed by atoms with Crippen LogP contribution in [0.15, 0.2) is 18.2 Å². The van der Waals surface area contributed by atoms with Crippen LogP contribution >= 0.6 is 0 Å². The average molecular weight is 250 g/mol. The number of hydrogen-bond acceptors (Lipinski definition) is 4. The number of carbonyl (C=O) groups excluding carboxylic acids is 1. The summed E-state index contributed by atoms with van der Waals surface area (Å²) in [7, 11) is 3.76. The number of rotatable bonds is 6. The van der Waals surface area contributed by atoms with Crippen LogP contribution in [0.4, 0.5) is 11.4 Å². The second kappa shape index (κ2) is 6.89. The standard InChI is InChI=1S/C14H22N2O2/c1-4-5-6-9-18-14(17)12-8-7-11(15)10-13(12)16(2)3/h7-8,10H,4-6,9,15H2,1-3H3. The van der Waals surface area contributed by atoms with Gasteiger partial charge in [0.25, 0.3) is 0 Å². The quantitative estimate of drug-likeness (QED) is 0.479. The first-order valence-electron chi connectivity index (χ1n) is 6.30. The van der Waals surface area contributed by atoms with Crippen molar-refractivity contribution in [2.75, 3.05) is 31.3 Å². The molecule has 0 saturated heterocycles. The van der Waals surface area contributed by atoms with Crippen molar-refractivity contribution in [2.24, 2.45) is 0 Å². The van der Waals surface area contributed by atoms with Gasteiger partial charge in [-0.1, -0.05) is 19.8 Å². The molecule has 0 unspecified atom stereocenters. The Hall–Kier alpha value is -1.71. The molecule has 4 heteroatoms. The maximum Gasteiger partial charge on any atom is 0.340 e. The van der Waals surface area contributed by atoms with E-state index in [1.54, 1.807) is 18.2 Å². The van der Waals surface area contributed by atoms with E-state index in [1.165, 1.54) is 0 Å². The van der Waals surface area contributed by atoms with Crippen LogP contribution in [-0.2, 0) is 4.74 Å². The monoisotopic (exact) mass is 250 g/mol. The van der Waals surface area contributed by atoms with Gasteiger partial charge in [0.1, 0.15) is 0 Å². The lowest BCUT2D eigenvalue weighted by molar-refractivity contribution is 0.0499. The SMILES string of the molecule is CCCCCOC(=O)c1ccc(N)cc1N(C)C. The minimum absolute atomic E-state index is 0.283. The smallest absolute Gasteiger partial charge is 0.340 e. The molecule has 1 aromatic carbocycles. The summed E-state index contributed by atoms with van der Waals surface area (Å²) in [5, 5.41) is 0. The lowest BCUT2D eigenvalue weighted by Crippen LogP contribution is -2.16. The molecule has 100 valence electrons. The highest BCUT2D eigenvalue weighted by molar-refractivity contribution is 5.96. The van der Waals surface area contributed by atoms with Gasteiger partial charge in [-0.15, -0.1) is 0 Å². The number of hydrogen-bond donors (Lipinski definition) is 1. The highest BCUT2D eigenvalue weighted by Gasteiger charge is 2.14. The zero-order valence-electron chi connectivity index (χ0n) is 11.4. The lowest BCUT2D eigenvalue weighted by Gasteiger charge is -2.17. The normalized spacial score (nSPS) is 10.2. The molecule has 0 fully saturated rings. The Bertz CT molecular complexity index is 403. The fraction of sp³-hybridized carbons (Fsp3) is 0.500. The molecule has 0 aromatic heterocycles. The van der Waals surface area contributed by atoms with Gasteiger partial charge >= 0.3 is 5.97 Å². The minimum atomic E-state index is -0.283. The summed E-state index contributed by atoms with van der Waals surface area (Å²) in [6.07, 6.45) is 3.10. The molecule has 0 saturated carbocycles. The minimum Gasteiger partial charge on any atom is -0.462 e. The van der Waals surface area contributed by atoms with E-state index in [0.717, 1.165) is 24.9 Å². The first-order chi connectivity index (χ1) is 8.56.